The molecule has 31 heavy (non-hydrogen) atoms. The topological polar surface area (TPSA) is 52.6 Å². The highest BCUT2D eigenvalue weighted by atomic mass is 16.2. The van der Waals surface area contributed by atoms with E-state index in [4.69, 9.17) is 0 Å². The standard InChI is InChI=1S/C25H35N5O/c1-20-5-3-7-23(27-20)19-29-13-10-24(11-14-29)30-15-8-22(9-16-30)25(31)28(2)18-21-6-4-12-26-17-21/h3-7,12,17,22,24H,8-11,13-16,18-19H2,1-2H3. The molecule has 0 atom stereocenters. The first-order valence-electron chi connectivity index (χ1n) is 11.6. The molecule has 2 aliphatic heterocycles. The second kappa shape index (κ2) is 10.3. The van der Waals surface area contributed by atoms with E-state index in [0.717, 1.165) is 56.8 Å². The second-order valence-electron chi connectivity index (χ2n) is 9.14. The fraction of sp³-hybridized carbons (Fsp3) is 0.560. The number of aryl methyl sites for hydroxylation is 1. The molecule has 0 N–H and O–H groups in total. The van der Waals surface area contributed by atoms with Gasteiger partial charge in [-0.15, -0.1) is 0 Å². The van der Waals surface area contributed by atoms with E-state index in [2.05, 4.69) is 44.9 Å². The van der Waals surface area contributed by atoms with E-state index in [9.17, 15) is 4.79 Å². The minimum Gasteiger partial charge on any atom is -0.341 e. The Morgan fingerprint density at radius 2 is 1.84 bits per heavy atom. The van der Waals surface area contributed by atoms with Gasteiger partial charge in [0.05, 0.1) is 5.69 Å². The number of pyridine rings is 2. The Morgan fingerprint density at radius 1 is 1.06 bits per heavy atom. The molecule has 0 aromatic carbocycles. The van der Waals surface area contributed by atoms with Crippen LogP contribution in [-0.2, 0) is 17.9 Å². The fourth-order valence-corrected chi connectivity index (χ4v) is 5.03. The van der Waals surface area contributed by atoms with Crippen molar-refractivity contribution in [2.75, 3.05) is 33.2 Å². The zero-order chi connectivity index (χ0) is 21.6. The maximum atomic E-state index is 12.9. The number of carbonyl (C=O) groups excluding carboxylic acids is 1. The minimum absolute atomic E-state index is 0.158. The Kier molecular flexibility index (Phi) is 7.30. The zero-order valence-corrected chi connectivity index (χ0v) is 18.9. The number of aromatic nitrogens is 2. The normalized spacial score (nSPS) is 19.4. The van der Waals surface area contributed by atoms with E-state index >= 15 is 0 Å². The van der Waals surface area contributed by atoms with Gasteiger partial charge in [0.2, 0.25) is 5.91 Å². The van der Waals surface area contributed by atoms with E-state index in [1.807, 2.05) is 30.3 Å². The summed E-state index contributed by atoms with van der Waals surface area (Å²) in [4.78, 5) is 28.7. The summed E-state index contributed by atoms with van der Waals surface area (Å²) in [5.41, 5.74) is 3.35. The van der Waals surface area contributed by atoms with Gasteiger partial charge in [0.25, 0.3) is 0 Å². The molecule has 2 aliphatic rings. The van der Waals surface area contributed by atoms with Crippen molar-refractivity contribution in [3.05, 3.63) is 59.7 Å². The molecule has 0 saturated carbocycles. The molecular formula is C25H35N5O. The van der Waals surface area contributed by atoms with Gasteiger partial charge in [-0.25, -0.2) is 0 Å². The quantitative estimate of drug-likeness (QED) is 0.717. The van der Waals surface area contributed by atoms with Crippen LogP contribution in [0.5, 0.6) is 0 Å². The molecule has 0 aliphatic carbocycles. The zero-order valence-electron chi connectivity index (χ0n) is 18.9. The van der Waals surface area contributed by atoms with E-state index in [-0.39, 0.29) is 11.8 Å². The Bertz CT molecular complexity index is 842. The van der Waals surface area contributed by atoms with Gasteiger partial charge in [0, 0.05) is 63.3 Å². The summed E-state index contributed by atoms with van der Waals surface area (Å²) in [7, 11) is 1.92. The van der Waals surface area contributed by atoms with Crippen LogP contribution in [-0.4, -0.2) is 69.8 Å². The lowest BCUT2D eigenvalue weighted by molar-refractivity contribution is -0.136. The first kappa shape index (κ1) is 21.9. The minimum atomic E-state index is 0.158. The molecule has 0 radical (unpaired) electrons. The van der Waals surface area contributed by atoms with Gasteiger partial charge in [-0.2, -0.15) is 0 Å². The van der Waals surface area contributed by atoms with Crippen LogP contribution in [0.2, 0.25) is 0 Å². The van der Waals surface area contributed by atoms with Crippen LogP contribution in [0.4, 0.5) is 0 Å². The first-order valence-corrected chi connectivity index (χ1v) is 11.6. The number of hydrogen-bond acceptors (Lipinski definition) is 5. The van der Waals surface area contributed by atoms with E-state index in [1.54, 1.807) is 6.20 Å². The average molecular weight is 422 g/mol. The molecule has 0 bridgehead atoms. The summed E-state index contributed by atoms with van der Waals surface area (Å²) in [5.74, 6) is 0.439. The van der Waals surface area contributed by atoms with E-state index in [1.165, 1.54) is 18.5 Å². The van der Waals surface area contributed by atoms with Gasteiger partial charge < -0.3 is 9.80 Å². The molecule has 4 heterocycles. The van der Waals surface area contributed by atoms with Crippen molar-refractivity contribution >= 4 is 5.91 Å². The van der Waals surface area contributed by atoms with Crippen LogP contribution in [0.1, 0.15) is 42.6 Å². The smallest absolute Gasteiger partial charge is 0.225 e. The van der Waals surface area contributed by atoms with E-state index in [0.29, 0.717) is 12.6 Å². The lowest BCUT2D eigenvalue weighted by Gasteiger charge is -2.42. The Balaban J connectivity index is 1.20. The molecule has 6 heteroatoms. The summed E-state index contributed by atoms with van der Waals surface area (Å²) >= 11 is 0. The van der Waals surface area contributed by atoms with Crippen molar-refractivity contribution < 1.29 is 4.79 Å². The number of likely N-dealkylation sites (tertiary alicyclic amines) is 2. The summed E-state index contributed by atoms with van der Waals surface area (Å²) in [6.45, 7) is 8.00. The molecule has 0 spiro atoms. The monoisotopic (exact) mass is 421 g/mol. The van der Waals surface area contributed by atoms with Crippen molar-refractivity contribution in [2.45, 2.75) is 51.7 Å². The molecule has 166 valence electrons. The van der Waals surface area contributed by atoms with Crippen LogP contribution in [0.15, 0.2) is 42.7 Å². The number of carbonyl (C=O) groups is 1. The number of hydrogen-bond donors (Lipinski definition) is 0. The molecule has 4 rings (SSSR count). The van der Waals surface area contributed by atoms with Crippen molar-refractivity contribution in [1.29, 1.82) is 0 Å². The van der Waals surface area contributed by atoms with Gasteiger partial charge in [-0.05, 0) is 69.5 Å². The molecule has 2 saturated heterocycles. The van der Waals surface area contributed by atoms with Gasteiger partial charge in [-0.1, -0.05) is 12.1 Å². The summed E-state index contributed by atoms with van der Waals surface area (Å²) in [6, 6.07) is 10.9. The molecule has 2 aromatic rings. The summed E-state index contributed by atoms with van der Waals surface area (Å²) in [6.07, 6.45) is 7.99. The van der Waals surface area contributed by atoms with Crippen molar-refractivity contribution in [1.82, 2.24) is 24.7 Å². The largest absolute Gasteiger partial charge is 0.341 e. The van der Waals surface area contributed by atoms with Gasteiger partial charge in [-0.3, -0.25) is 19.7 Å². The van der Waals surface area contributed by atoms with Crippen LogP contribution in [0.25, 0.3) is 0 Å². The molecule has 6 nitrogen and oxygen atoms in total. The van der Waals surface area contributed by atoms with Crippen LogP contribution < -0.4 is 0 Å². The highest BCUT2D eigenvalue weighted by Crippen LogP contribution is 2.26. The van der Waals surface area contributed by atoms with Gasteiger partial charge >= 0.3 is 0 Å². The number of rotatable bonds is 6. The van der Waals surface area contributed by atoms with Crippen LogP contribution in [0.3, 0.4) is 0 Å². The Labute approximate surface area is 186 Å². The lowest BCUT2D eigenvalue weighted by atomic mass is 9.92. The average Bonchev–Trinajstić information content (AvgIpc) is 2.80. The predicted octanol–water partition coefficient (Wildman–Crippen LogP) is 3.12. The molecule has 0 unspecified atom stereocenters. The third kappa shape index (κ3) is 5.89. The highest BCUT2D eigenvalue weighted by molar-refractivity contribution is 5.78. The number of piperidine rings is 2. The highest BCUT2D eigenvalue weighted by Gasteiger charge is 2.31. The molecule has 2 aromatic heterocycles. The van der Waals surface area contributed by atoms with Crippen molar-refractivity contribution in [3.8, 4) is 0 Å². The van der Waals surface area contributed by atoms with Gasteiger partial charge in [0.15, 0.2) is 0 Å². The number of nitrogens with zero attached hydrogens (tertiary/aromatic N) is 5. The summed E-state index contributed by atoms with van der Waals surface area (Å²) in [5, 5.41) is 0. The Hall–Kier alpha value is -2.31. The predicted molar refractivity (Wildman–Crippen MR) is 122 cm³/mol. The fourth-order valence-electron chi connectivity index (χ4n) is 5.03. The summed E-state index contributed by atoms with van der Waals surface area (Å²) < 4.78 is 0. The van der Waals surface area contributed by atoms with Crippen LogP contribution in [0, 0.1) is 12.8 Å². The number of amides is 1. The van der Waals surface area contributed by atoms with E-state index < -0.39 is 0 Å². The molecule has 2 fully saturated rings. The second-order valence-corrected chi connectivity index (χ2v) is 9.14. The van der Waals surface area contributed by atoms with Gasteiger partial charge in [0.1, 0.15) is 0 Å². The third-order valence-electron chi connectivity index (χ3n) is 6.80. The van der Waals surface area contributed by atoms with Crippen molar-refractivity contribution in [2.24, 2.45) is 5.92 Å². The molecular weight excluding hydrogens is 386 g/mol. The van der Waals surface area contributed by atoms with Crippen LogP contribution >= 0.6 is 0 Å². The maximum absolute atomic E-state index is 12.9. The molecule has 1 amide bonds. The third-order valence-corrected chi connectivity index (χ3v) is 6.80. The lowest BCUT2D eigenvalue weighted by Crippen LogP contribution is -2.49. The SMILES string of the molecule is Cc1cccc(CN2CCC(N3CCC(C(=O)N(C)Cc4cccnc4)CC3)CC2)n1. The first-order chi connectivity index (χ1) is 15.1. The van der Waals surface area contributed by atoms with Crippen molar-refractivity contribution in [3.63, 3.8) is 0 Å². The maximum Gasteiger partial charge on any atom is 0.225 e. The Morgan fingerprint density at radius 3 is 2.52 bits per heavy atom.